The van der Waals surface area contributed by atoms with Crippen LogP contribution in [0.4, 0.5) is 5.82 Å². The Morgan fingerprint density at radius 1 is 1.32 bits per heavy atom. The van der Waals surface area contributed by atoms with Gasteiger partial charge in [0.25, 0.3) is 0 Å². The number of hydrogen-bond donors (Lipinski definition) is 3. The van der Waals surface area contributed by atoms with E-state index in [0.29, 0.717) is 17.9 Å². The van der Waals surface area contributed by atoms with Crippen LogP contribution in [0.3, 0.4) is 0 Å². The number of H-pyrrole nitrogens is 1. The highest BCUT2D eigenvalue weighted by atomic mass is 16.2. The smallest absolute Gasteiger partial charge is 0.227 e. The molecule has 1 unspecified atom stereocenters. The van der Waals surface area contributed by atoms with Gasteiger partial charge in [0.2, 0.25) is 5.91 Å². The molecule has 4 heterocycles. The number of anilines is 1. The van der Waals surface area contributed by atoms with Gasteiger partial charge in [0, 0.05) is 24.0 Å². The number of hydrogen-bond acceptors (Lipinski definition) is 5. The van der Waals surface area contributed by atoms with Crippen LogP contribution < -0.4 is 11.1 Å². The lowest BCUT2D eigenvalue weighted by atomic mass is 9.82. The molecule has 2 aliphatic rings. The minimum absolute atomic E-state index is 0.00918. The summed E-state index contributed by atoms with van der Waals surface area (Å²) in [5.41, 5.74) is 8.48. The zero-order valence-corrected chi connectivity index (χ0v) is 17.2. The number of rotatable bonds is 3. The number of nitrogens with one attached hydrogen (secondary N) is 2. The molecule has 4 N–H and O–H groups in total. The molecule has 0 radical (unpaired) electrons. The average molecular weight is 383 g/mol. The van der Waals surface area contributed by atoms with E-state index in [1.807, 2.05) is 17.0 Å². The van der Waals surface area contributed by atoms with E-state index in [1.54, 1.807) is 0 Å². The Balaban J connectivity index is 1.54. The third kappa shape index (κ3) is 3.63. The van der Waals surface area contributed by atoms with Gasteiger partial charge in [-0.3, -0.25) is 9.89 Å². The number of amides is 1. The lowest BCUT2D eigenvalue weighted by molar-refractivity contribution is -0.131. The van der Waals surface area contributed by atoms with Gasteiger partial charge in [-0.1, -0.05) is 11.6 Å². The first kappa shape index (κ1) is 18.9. The molecule has 28 heavy (non-hydrogen) atoms. The second-order valence-corrected chi connectivity index (χ2v) is 9.38. The van der Waals surface area contributed by atoms with Crippen LogP contribution in [0.25, 0.3) is 11.0 Å². The number of nitrogens with zero attached hydrogens (tertiary/aromatic N) is 3. The van der Waals surface area contributed by atoms with Crippen molar-refractivity contribution >= 4 is 22.8 Å². The van der Waals surface area contributed by atoms with E-state index in [1.165, 1.54) is 5.57 Å². The highest BCUT2D eigenvalue weighted by molar-refractivity contribution is 5.86. The van der Waals surface area contributed by atoms with Gasteiger partial charge >= 0.3 is 0 Å². The predicted molar refractivity (Wildman–Crippen MR) is 111 cm³/mol. The summed E-state index contributed by atoms with van der Waals surface area (Å²) < 4.78 is 0. The summed E-state index contributed by atoms with van der Waals surface area (Å²) in [6.45, 7) is 9.49. The molecule has 0 saturated carbocycles. The standard InChI is InChI=1S/C21H30N6O/c1-20(2)11-13(12-21(3,4)26-20)10-17(28)27-9-5-6-16(27)15-8-7-14-18(22)24-25-19(14)23-15/h7-8,11,16,26H,5-6,9-10,12H2,1-4H3,(H3,22,23,24,25). The maximum absolute atomic E-state index is 13.2. The van der Waals surface area contributed by atoms with Crippen molar-refractivity contribution in [3.63, 3.8) is 0 Å². The van der Waals surface area contributed by atoms with E-state index >= 15 is 0 Å². The Hall–Kier alpha value is -2.41. The number of nitrogens with two attached hydrogens (primary N) is 1. The fraction of sp³-hybridized carbons (Fsp3) is 0.571. The van der Waals surface area contributed by atoms with E-state index in [9.17, 15) is 4.79 Å². The molecule has 7 heteroatoms. The first-order valence-electron chi connectivity index (χ1n) is 10.0. The van der Waals surface area contributed by atoms with Crippen molar-refractivity contribution in [1.82, 2.24) is 25.4 Å². The summed E-state index contributed by atoms with van der Waals surface area (Å²) in [6.07, 6.45) is 5.51. The first-order valence-corrected chi connectivity index (χ1v) is 10.0. The number of likely N-dealkylation sites (tertiary alicyclic amines) is 1. The zero-order chi connectivity index (χ0) is 20.1. The third-order valence-electron chi connectivity index (χ3n) is 5.66. The van der Waals surface area contributed by atoms with Crippen LogP contribution in [-0.4, -0.2) is 43.6 Å². The van der Waals surface area contributed by atoms with Crippen molar-refractivity contribution in [1.29, 1.82) is 0 Å². The molecule has 150 valence electrons. The quantitative estimate of drug-likeness (QED) is 0.709. The number of carbonyl (C=O) groups excluding carboxylic acids is 1. The minimum atomic E-state index is -0.103. The second-order valence-electron chi connectivity index (χ2n) is 9.38. The van der Waals surface area contributed by atoms with Crippen molar-refractivity contribution in [3.8, 4) is 0 Å². The number of aromatic amines is 1. The van der Waals surface area contributed by atoms with Crippen LogP contribution >= 0.6 is 0 Å². The Labute approximate surface area is 165 Å². The average Bonchev–Trinajstić information content (AvgIpc) is 3.19. The largest absolute Gasteiger partial charge is 0.384 e. The van der Waals surface area contributed by atoms with E-state index in [2.05, 4.69) is 54.3 Å². The van der Waals surface area contributed by atoms with Crippen LogP contribution in [0, 0.1) is 0 Å². The van der Waals surface area contributed by atoms with E-state index < -0.39 is 0 Å². The molecule has 0 aliphatic carbocycles. The molecule has 7 nitrogen and oxygen atoms in total. The summed E-state index contributed by atoms with van der Waals surface area (Å²) in [5, 5.41) is 11.4. The SMILES string of the molecule is CC1(C)C=C(CC(=O)N2CCCC2c2ccc3c(N)[nH]nc3n2)CC(C)(C)N1. The molecular formula is C21H30N6O. The zero-order valence-electron chi connectivity index (χ0n) is 17.2. The van der Waals surface area contributed by atoms with Crippen molar-refractivity contribution in [2.45, 2.75) is 70.5 Å². The molecule has 4 rings (SSSR count). The first-order chi connectivity index (χ1) is 13.1. The number of fused-ring (bicyclic) bond motifs is 1. The summed E-state index contributed by atoms with van der Waals surface area (Å²) in [4.78, 5) is 19.8. The predicted octanol–water partition coefficient (Wildman–Crippen LogP) is 3.07. The second kappa shape index (κ2) is 6.58. The van der Waals surface area contributed by atoms with Gasteiger partial charge in [0.05, 0.1) is 17.1 Å². The van der Waals surface area contributed by atoms with Gasteiger partial charge in [-0.2, -0.15) is 5.10 Å². The van der Waals surface area contributed by atoms with E-state index in [0.717, 1.165) is 36.9 Å². The highest BCUT2D eigenvalue weighted by Crippen LogP contribution is 2.35. The number of aromatic nitrogens is 3. The molecule has 1 saturated heterocycles. The molecule has 2 aromatic rings. The fourth-order valence-electron chi connectivity index (χ4n) is 4.98. The number of nitrogen functional groups attached to an aromatic ring is 1. The molecule has 1 atom stereocenters. The molecule has 0 bridgehead atoms. The van der Waals surface area contributed by atoms with E-state index in [-0.39, 0.29) is 23.0 Å². The lowest BCUT2D eigenvalue weighted by Crippen LogP contribution is -2.54. The van der Waals surface area contributed by atoms with Crippen molar-refractivity contribution in [3.05, 3.63) is 29.5 Å². The van der Waals surface area contributed by atoms with Crippen LogP contribution in [0.5, 0.6) is 0 Å². The molecule has 0 aromatic carbocycles. The molecule has 2 aliphatic heterocycles. The third-order valence-corrected chi connectivity index (χ3v) is 5.66. The van der Waals surface area contributed by atoms with Crippen molar-refractivity contribution < 1.29 is 4.79 Å². The molecule has 0 spiro atoms. The van der Waals surface area contributed by atoms with Crippen LogP contribution in [0.1, 0.15) is 65.1 Å². The van der Waals surface area contributed by atoms with Crippen molar-refractivity contribution in [2.75, 3.05) is 12.3 Å². The lowest BCUT2D eigenvalue weighted by Gasteiger charge is -2.41. The summed E-state index contributed by atoms with van der Waals surface area (Å²) >= 11 is 0. The van der Waals surface area contributed by atoms with Gasteiger partial charge in [-0.25, -0.2) is 4.98 Å². The van der Waals surface area contributed by atoms with Gasteiger partial charge in [-0.05, 0) is 59.1 Å². The number of carbonyl (C=O) groups is 1. The molecule has 2 aromatic heterocycles. The molecule has 1 fully saturated rings. The maximum Gasteiger partial charge on any atom is 0.227 e. The minimum Gasteiger partial charge on any atom is -0.384 e. The fourth-order valence-corrected chi connectivity index (χ4v) is 4.98. The van der Waals surface area contributed by atoms with Crippen molar-refractivity contribution in [2.24, 2.45) is 0 Å². The highest BCUT2D eigenvalue weighted by Gasteiger charge is 2.35. The Morgan fingerprint density at radius 2 is 2.11 bits per heavy atom. The Bertz CT molecular complexity index is 942. The van der Waals surface area contributed by atoms with Gasteiger partial charge in [-0.15, -0.1) is 0 Å². The number of pyridine rings is 1. The monoisotopic (exact) mass is 382 g/mol. The Kier molecular flexibility index (Phi) is 4.45. The van der Waals surface area contributed by atoms with Crippen LogP contribution in [0.15, 0.2) is 23.8 Å². The topological polar surface area (TPSA) is 99.9 Å². The van der Waals surface area contributed by atoms with Crippen LogP contribution in [-0.2, 0) is 4.79 Å². The van der Waals surface area contributed by atoms with Crippen LogP contribution in [0.2, 0.25) is 0 Å². The Morgan fingerprint density at radius 3 is 2.86 bits per heavy atom. The van der Waals surface area contributed by atoms with E-state index in [4.69, 9.17) is 5.73 Å². The molecule has 1 amide bonds. The molecular weight excluding hydrogens is 352 g/mol. The summed E-state index contributed by atoms with van der Waals surface area (Å²) in [7, 11) is 0. The van der Waals surface area contributed by atoms with Gasteiger partial charge in [0.15, 0.2) is 5.65 Å². The van der Waals surface area contributed by atoms with Gasteiger partial charge in [0.1, 0.15) is 5.82 Å². The van der Waals surface area contributed by atoms with Gasteiger partial charge < -0.3 is 16.0 Å². The summed E-state index contributed by atoms with van der Waals surface area (Å²) in [6, 6.07) is 3.93. The maximum atomic E-state index is 13.2. The summed E-state index contributed by atoms with van der Waals surface area (Å²) in [5.74, 6) is 0.710. The normalized spacial score (nSPS) is 23.8.